The fourth-order valence-electron chi connectivity index (χ4n) is 2.26. The van der Waals surface area contributed by atoms with Gasteiger partial charge in [-0.2, -0.15) is 0 Å². The monoisotopic (exact) mass is 269 g/mol. The molecule has 0 amide bonds. The van der Waals surface area contributed by atoms with Crippen molar-refractivity contribution in [3.63, 3.8) is 0 Å². The zero-order chi connectivity index (χ0) is 14.1. The van der Waals surface area contributed by atoms with Gasteiger partial charge in [-0.25, -0.2) is 4.68 Å². The molecule has 0 saturated carbocycles. The Morgan fingerprint density at radius 1 is 1.15 bits per heavy atom. The van der Waals surface area contributed by atoms with Gasteiger partial charge in [0.1, 0.15) is 11.9 Å². The van der Waals surface area contributed by atoms with Crippen molar-refractivity contribution >= 4 is 10.8 Å². The Morgan fingerprint density at radius 2 is 1.90 bits per heavy atom. The lowest BCUT2D eigenvalue weighted by Crippen LogP contribution is -2.06. The molecule has 20 heavy (non-hydrogen) atoms. The number of nitrogens with zero attached hydrogens (tertiary/aromatic N) is 3. The molecule has 5 heteroatoms. The van der Waals surface area contributed by atoms with E-state index in [2.05, 4.69) is 10.3 Å². The number of aryl methyl sites for hydroxylation is 1. The number of methoxy groups -OCH3 is 1. The lowest BCUT2D eigenvalue weighted by molar-refractivity contribution is 0.210. The maximum atomic E-state index is 10.4. The molecular weight excluding hydrogens is 254 g/mol. The van der Waals surface area contributed by atoms with Crippen molar-refractivity contribution in [3.8, 4) is 5.75 Å². The highest BCUT2D eigenvalue weighted by Crippen LogP contribution is 2.26. The first-order valence-corrected chi connectivity index (χ1v) is 6.29. The molecule has 102 valence electrons. The van der Waals surface area contributed by atoms with Crippen molar-refractivity contribution in [2.75, 3.05) is 7.11 Å². The molecule has 0 saturated heterocycles. The van der Waals surface area contributed by atoms with Gasteiger partial charge in [-0.3, -0.25) is 0 Å². The molecular formula is C15H15N3O2. The Morgan fingerprint density at radius 3 is 2.60 bits per heavy atom. The predicted octanol–water partition coefficient (Wildman–Crippen LogP) is 2.06. The van der Waals surface area contributed by atoms with Crippen molar-refractivity contribution in [3.05, 3.63) is 53.9 Å². The largest absolute Gasteiger partial charge is 0.497 e. The lowest BCUT2D eigenvalue weighted by atomic mass is 10.0. The average molecular weight is 269 g/mol. The van der Waals surface area contributed by atoms with E-state index in [1.54, 1.807) is 25.0 Å². The van der Waals surface area contributed by atoms with Crippen molar-refractivity contribution in [1.29, 1.82) is 0 Å². The number of aromatic nitrogens is 3. The second-order valence-corrected chi connectivity index (χ2v) is 4.66. The molecule has 1 N–H and O–H groups in total. The van der Waals surface area contributed by atoms with Gasteiger partial charge in [0.25, 0.3) is 0 Å². The topological polar surface area (TPSA) is 60.2 Å². The number of ether oxygens (including phenoxy) is 1. The summed E-state index contributed by atoms with van der Waals surface area (Å²) in [6.45, 7) is 0. The van der Waals surface area contributed by atoms with E-state index < -0.39 is 6.10 Å². The summed E-state index contributed by atoms with van der Waals surface area (Å²) in [5, 5.41) is 20.2. The molecule has 0 aliphatic carbocycles. The van der Waals surface area contributed by atoms with Gasteiger partial charge in [0.05, 0.1) is 19.0 Å². The van der Waals surface area contributed by atoms with E-state index in [0.717, 1.165) is 22.1 Å². The van der Waals surface area contributed by atoms with Crippen LogP contribution < -0.4 is 4.74 Å². The first-order chi connectivity index (χ1) is 9.69. The first kappa shape index (κ1) is 12.6. The quantitative estimate of drug-likeness (QED) is 0.790. The molecule has 1 heterocycles. The van der Waals surface area contributed by atoms with E-state index in [1.165, 1.54) is 0 Å². The summed E-state index contributed by atoms with van der Waals surface area (Å²) < 4.78 is 6.78. The molecule has 1 aromatic heterocycles. The number of fused-ring (bicyclic) bond motifs is 1. The van der Waals surface area contributed by atoms with E-state index in [4.69, 9.17) is 4.74 Å². The minimum atomic E-state index is -0.735. The molecule has 0 fully saturated rings. The summed E-state index contributed by atoms with van der Waals surface area (Å²) in [5.74, 6) is 0.821. The maximum absolute atomic E-state index is 10.4. The summed E-state index contributed by atoms with van der Waals surface area (Å²) in [6, 6.07) is 11.7. The highest BCUT2D eigenvalue weighted by Gasteiger charge is 2.15. The number of hydrogen-bond donors (Lipinski definition) is 1. The zero-order valence-corrected chi connectivity index (χ0v) is 11.3. The second-order valence-electron chi connectivity index (χ2n) is 4.66. The molecule has 1 atom stereocenters. The third-order valence-electron chi connectivity index (χ3n) is 3.42. The van der Waals surface area contributed by atoms with Crippen molar-refractivity contribution in [2.45, 2.75) is 6.10 Å². The molecule has 0 aliphatic rings. The summed E-state index contributed by atoms with van der Waals surface area (Å²) in [5.41, 5.74) is 1.48. The average Bonchev–Trinajstić information content (AvgIpc) is 2.91. The van der Waals surface area contributed by atoms with Crippen molar-refractivity contribution < 1.29 is 9.84 Å². The molecule has 3 rings (SSSR count). The van der Waals surface area contributed by atoms with Gasteiger partial charge in [0, 0.05) is 7.05 Å². The number of aliphatic hydroxyl groups is 1. The van der Waals surface area contributed by atoms with Crippen LogP contribution in [0.2, 0.25) is 0 Å². The van der Waals surface area contributed by atoms with E-state index in [-0.39, 0.29) is 0 Å². The predicted molar refractivity (Wildman–Crippen MR) is 75.6 cm³/mol. The van der Waals surface area contributed by atoms with Gasteiger partial charge in [0.2, 0.25) is 0 Å². The summed E-state index contributed by atoms with van der Waals surface area (Å²) in [6.07, 6.45) is 0.838. The molecule has 0 spiro atoms. The van der Waals surface area contributed by atoms with Crippen LogP contribution in [0.4, 0.5) is 0 Å². The van der Waals surface area contributed by atoms with Crippen LogP contribution >= 0.6 is 0 Å². The third-order valence-corrected chi connectivity index (χ3v) is 3.42. The standard InChI is InChI=1S/C15H15N3O2/c1-18-14(9-16-17-18)15(19)12-4-3-11-8-13(20-2)6-5-10(11)7-12/h3-9,15,19H,1-2H3. The van der Waals surface area contributed by atoms with Crippen LogP contribution in [0.1, 0.15) is 17.4 Å². The minimum Gasteiger partial charge on any atom is -0.497 e. The van der Waals surface area contributed by atoms with Crippen LogP contribution in [0.25, 0.3) is 10.8 Å². The van der Waals surface area contributed by atoms with Crippen LogP contribution in [0.5, 0.6) is 5.75 Å². The highest BCUT2D eigenvalue weighted by molar-refractivity contribution is 5.84. The Balaban J connectivity index is 2.03. The number of benzene rings is 2. The van der Waals surface area contributed by atoms with Crippen LogP contribution in [-0.4, -0.2) is 27.2 Å². The van der Waals surface area contributed by atoms with Crippen LogP contribution in [0.3, 0.4) is 0 Å². The van der Waals surface area contributed by atoms with E-state index in [0.29, 0.717) is 5.69 Å². The lowest BCUT2D eigenvalue weighted by Gasteiger charge is -2.12. The molecule has 1 unspecified atom stereocenters. The number of hydrogen-bond acceptors (Lipinski definition) is 4. The number of aliphatic hydroxyl groups excluding tert-OH is 1. The van der Waals surface area contributed by atoms with E-state index in [1.807, 2.05) is 36.4 Å². The molecule has 3 aromatic rings. The van der Waals surface area contributed by atoms with E-state index >= 15 is 0 Å². The zero-order valence-electron chi connectivity index (χ0n) is 11.3. The van der Waals surface area contributed by atoms with Gasteiger partial charge < -0.3 is 9.84 Å². The second kappa shape index (κ2) is 4.94. The van der Waals surface area contributed by atoms with Crippen LogP contribution in [-0.2, 0) is 7.05 Å². The fourth-order valence-corrected chi connectivity index (χ4v) is 2.26. The van der Waals surface area contributed by atoms with Gasteiger partial charge in [0.15, 0.2) is 0 Å². The SMILES string of the molecule is COc1ccc2cc(C(O)c3cnnn3C)ccc2c1. The Labute approximate surface area is 116 Å². The van der Waals surface area contributed by atoms with Crippen molar-refractivity contribution in [2.24, 2.45) is 7.05 Å². The maximum Gasteiger partial charge on any atom is 0.122 e. The van der Waals surface area contributed by atoms with Gasteiger partial charge in [-0.05, 0) is 34.5 Å². The summed E-state index contributed by atoms with van der Waals surface area (Å²) in [4.78, 5) is 0. The summed E-state index contributed by atoms with van der Waals surface area (Å²) >= 11 is 0. The Bertz CT molecular complexity index is 752. The van der Waals surface area contributed by atoms with Crippen molar-refractivity contribution in [1.82, 2.24) is 15.0 Å². The molecule has 0 bridgehead atoms. The third kappa shape index (κ3) is 2.12. The molecule has 0 radical (unpaired) electrons. The van der Waals surface area contributed by atoms with Gasteiger partial charge in [-0.1, -0.05) is 23.4 Å². The minimum absolute atomic E-state index is 0.665. The molecule has 5 nitrogen and oxygen atoms in total. The van der Waals surface area contributed by atoms with Crippen LogP contribution in [0, 0.1) is 0 Å². The Kier molecular flexibility index (Phi) is 3.12. The molecule has 2 aromatic carbocycles. The fraction of sp³-hybridized carbons (Fsp3) is 0.200. The van der Waals surface area contributed by atoms with Crippen LogP contribution in [0.15, 0.2) is 42.6 Å². The number of rotatable bonds is 3. The van der Waals surface area contributed by atoms with Gasteiger partial charge in [-0.15, -0.1) is 5.10 Å². The normalized spacial score (nSPS) is 12.6. The highest BCUT2D eigenvalue weighted by atomic mass is 16.5. The van der Waals surface area contributed by atoms with Gasteiger partial charge >= 0.3 is 0 Å². The Hall–Kier alpha value is -2.40. The smallest absolute Gasteiger partial charge is 0.122 e. The van der Waals surface area contributed by atoms with E-state index in [9.17, 15) is 5.11 Å². The first-order valence-electron chi connectivity index (χ1n) is 6.29. The molecule has 0 aliphatic heterocycles. The summed E-state index contributed by atoms with van der Waals surface area (Å²) in [7, 11) is 3.41.